The van der Waals surface area contributed by atoms with Crippen molar-refractivity contribution in [3.05, 3.63) is 57.7 Å². The molecule has 1 N–H and O–H groups in total. The molecular formula is C18H14IN3O3. The average molecular weight is 447 g/mol. The number of nitrogens with zero attached hydrogens (tertiary/aromatic N) is 2. The average Bonchev–Trinajstić information content (AvgIpc) is 2.56. The van der Waals surface area contributed by atoms with Crippen molar-refractivity contribution in [1.29, 1.82) is 0 Å². The Morgan fingerprint density at radius 2 is 1.88 bits per heavy atom. The number of imide groups is 2. The third kappa shape index (κ3) is 3.60. The molecule has 0 spiro atoms. The maximum atomic E-state index is 12.7. The van der Waals surface area contributed by atoms with Crippen molar-refractivity contribution >= 4 is 58.0 Å². The van der Waals surface area contributed by atoms with Crippen molar-refractivity contribution in [2.24, 2.45) is 10.9 Å². The van der Waals surface area contributed by atoms with Crippen molar-refractivity contribution in [3.8, 4) is 0 Å². The fourth-order valence-corrected chi connectivity index (χ4v) is 2.97. The van der Waals surface area contributed by atoms with Crippen molar-refractivity contribution in [3.63, 3.8) is 0 Å². The van der Waals surface area contributed by atoms with Crippen molar-refractivity contribution in [1.82, 2.24) is 5.32 Å². The number of anilines is 1. The number of halogens is 1. The molecule has 3 rings (SSSR count). The zero-order chi connectivity index (χ0) is 18.0. The van der Waals surface area contributed by atoms with E-state index in [1.165, 1.54) is 6.21 Å². The van der Waals surface area contributed by atoms with Crippen LogP contribution in [0.4, 0.5) is 16.2 Å². The number of aliphatic imine (C=N–C) groups is 1. The van der Waals surface area contributed by atoms with Gasteiger partial charge in [-0.05, 0) is 59.3 Å². The second-order valence-corrected chi connectivity index (χ2v) is 6.68. The van der Waals surface area contributed by atoms with Gasteiger partial charge in [-0.15, -0.1) is 0 Å². The van der Waals surface area contributed by atoms with Gasteiger partial charge in [0.2, 0.25) is 5.91 Å². The molecule has 126 valence electrons. The molecule has 0 aliphatic carbocycles. The van der Waals surface area contributed by atoms with E-state index < -0.39 is 23.8 Å². The Morgan fingerprint density at radius 3 is 2.60 bits per heavy atom. The van der Waals surface area contributed by atoms with Gasteiger partial charge in [0, 0.05) is 9.78 Å². The zero-order valence-corrected chi connectivity index (χ0v) is 15.4. The molecule has 0 radical (unpaired) electrons. The number of barbiturate groups is 1. The molecule has 1 fully saturated rings. The summed E-state index contributed by atoms with van der Waals surface area (Å²) in [5.41, 5.74) is 1.98. The Kier molecular flexibility index (Phi) is 4.93. The van der Waals surface area contributed by atoms with Crippen LogP contribution in [-0.2, 0) is 9.59 Å². The minimum atomic E-state index is -1.16. The van der Waals surface area contributed by atoms with E-state index >= 15 is 0 Å². The van der Waals surface area contributed by atoms with Crippen LogP contribution in [-0.4, -0.2) is 24.1 Å². The highest BCUT2D eigenvalue weighted by Gasteiger charge is 2.40. The molecule has 0 saturated carbocycles. The van der Waals surface area contributed by atoms with Crippen LogP contribution in [0.3, 0.4) is 0 Å². The molecule has 2 aromatic carbocycles. The molecule has 4 amide bonds. The number of hydrogen-bond donors (Lipinski definition) is 1. The van der Waals surface area contributed by atoms with Crippen LogP contribution >= 0.6 is 22.6 Å². The summed E-state index contributed by atoms with van der Waals surface area (Å²) in [5.74, 6) is -2.45. The number of urea groups is 1. The third-order valence-electron chi connectivity index (χ3n) is 3.68. The van der Waals surface area contributed by atoms with E-state index in [1.807, 2.05) is 31.2 Å². The first-order valence-electron chi connectivity index (χ1n) is 7.51. The van der Waals surface area contributed by atoms with Crippen LogP contribution in [0.2, 0.25) is 0 Å². The van der Waals surface area contributed by atoms with E-state index in [0.717, 1.165) is 14.0 Å². The summed E-state index contributed by atoms with van der Waals surface area (Å²) in [5, 5.41) is 2.21. The van der Waals surface area contributed by atoms with Crippen LogP contribution in [0, 0.1) is 16.4 Å². The lowest BCUT2D eigenvalue weighted by Crippen LogP contribution is -2.58. The van der Waals surface area contributed by atoms with E-state index in [9.17, 15) is 14.4 Å². The van der Waals surface area contributed by atoms with Gasteiger partial charge in [0.05, 0.1) is 11.4 Å². The predicted molar refractivity (Wildman–Crippen MR) is 103 cm³/mol. The molecule has 25 heavy (non-hydrogen) atoms. The second kappa shape index (κ2) is 7.14. The molecule has 7 heteroatoms. The fraction of sp³-hybridized carbons (Fsp3) is 0.111. The van der Waals surface area contributed by atoms with Gasteiger partial charge in [0.1, 0.15) is 0 Å². The normalized spacial score (nSPS) is 17.9. The fourth-order valence-electron chi connectivity index (χ4n) is 2.44. The number of carbonyl (C=O) groups excluding carboxylic acids is 3. The van der Waals surface area contributed by atoms with E-state index in [4.69, 9.17) is 0 Å². The number of aryl methyl sites for hydroxylation is 1. The summed E-state index contributed by atoms with van der Waals surface area (Å²) in [6, 6.07) is 13.6. The van der Waals surface area contributed by atoms with Gasteiger partial charge in [-0.1, -0.05) is 24.3 Å². The van der Waals surface area contributed by atoms with Gasteiger partial charge in [-0.25, -0.2) is 9.69 Å². The summed E-state index contributed by atoms with van der Waals surface area (Å²) >= 11 is 2.12. The number of rotatable bonds is 3. The first-order chi connectivity index (χ1) is 12.0. The topological polar surface area (TPSA) is 78.8 Å². The van der Waals surface area contributed by atoms with Gasteiger partial charge in [-0.3, -0.25) is 19.9 Å². The van der Waals surface area contributed by atoms with Crippen LogP contribution in [0.25, 0.3) is 0 Å². The Hall–Kier alpha value is -2.55. The van der Waals surface area contributed by atoms with Crippen LogP contribution in [0.5, 0.6) is 0 Å². The second-order valence-electron chi connectivity index (χ2n) is 5.51. The number of carbonyl (C=O) groups is 3. The lowest BCUT2D eigenvalue weighted by Gasteiger charge is -2.28. The van der Waals surface area contributed by atoms with Gasteiger partial charge in [0.15, 0.2) is 5.92 Å². The Morgan fingerprint density at radius 1 is 1.12 bits per heavy atom. The highest BCUT2D eigenvalue weighted by molar-refractivity contribution is 14.1. The zero-order valence-electron chi connectivity index (χ0n) is 13.3. The van der Waals surface area contributed by atoms with Crippen LogP contribution in [0.15, 0.2) is 53.5 Å². The summed E-state index contributed by atoms with van der Waals surface area (Å²) in [4.78, 5) is 42.2. The smallest absolute Gasteiger partial charge is 0.276 e. The summed E-state index contributed by atoms with van der Waals surface area (Å²) in [6.45, 7) is 1.86. The Labute approximate surface area is 158 Å². The van der Waals surface area contributed by atoms with Crippen LogP contribution in [0.1, 0.15) is 5.56 Å². The number of amides is 4. The van der Waals surface area contributed by atoms with Crippen molar-refractivity contribution in [2.75, 3.05) is 4.90 Å². The summed E-state index contributed by atoms with van der Waals surface area (Å²) in [6.07, 6.45) is 1.28. The predicted octanol–water partition coefficient (Wildman–Crippen LogP) is 3.20. The molecule has 1 aliphatic heterocycles. The summed E-state index contributed by atoms with van der Waals surface area (Å²) < 4.78 is 0.895. The molecule has 1 atom stereocenters. The van der Waals surface area contributed by atoms with E-state index in [-0.39, 0.29) is 0 Å². The van der Waals surface area contributed by atoms with E-state index in [1.54, 1.807) is 24.3 Å². The highest BCUT2D eigenvalue weighted by Crippen LogP contribution is 2.23. The highest BCUT2D eigenvalue weighted by atomic mass is 127. The SMILES string of the molecule is Cc1cccc(N2C(=O)NC(=O)[C@H](C=Nc3ccccc3I)C2=O)c1. The third-order valence-corrected chi connectivity index (χ3v) is 4.59. The molecule has 0 unspecified atom stereocenters. The molecular weight excluding hydrogens is 433 g/mol. The van der Waals surface area contributed by atoms with Gasteiger partial charge in [0.25, 0.3) is 5.91 Å². The Bertz CT molecular complexity index is 895. The number of nitrogens with one attached hydrogen (secondary N) is 1. The lowest BCUT2D eigenvalue weighted by atomic mass is 10.1. The van der Waals surface area contributed by atoms with E-state index in [0.29, 0.717) is 11.4 Å². The quantitative estimate of drug-likeness (QED) is 0.446. The maximum Gasteiger partial charge on any atom is 0.335 e. The van der Waals surface area contributed by atoms with Crippen molar-refractivity contribution in [2.45, 2.75) is 6.92 Å². The van der Waals surface area contributed by atoms with E-state index in [2.05, 4.69) is 32.9 Å². The lowest BCUT2D eigenvalue weighted by molar-refractivity contribution is -0.131. The molecule has 2 aromatic rings. The van der Waals surface area contributed by atoms with Gasteiger partial charge in [-0.2, -0.15) is 0 Å². The standard InChI is InChI=1S/C18H14IN3O3/c1-11-5-4-6-12(9-11)22-17(24)13(16(23)21-18(22)25)10-20-15-8-3-2-7-14(15)19/h2-10,13H,1H3,(H,21,23,25)/t13-/m0/s1. The first kappa shape index (κ1) is 17.3. The number of benzene rings is 2. The molecule has 1 heterocycles. The number of hydrogen-bond acceptors (Lipinski definition) is 4. The van der Waals surface area contributed by atoms with Crippen LogP contribution < -0.4 is 10.2 Å². The van der Waals surface area contributed by atoms with Gasteiger partial charge < -0.3 is 0 Å². The molecule has 0 bridgehead atoms. The minimum absolute atomic E-state index is 0.419. The molecule has 0 aromatic heterocycles. The largest absolute Gasteiger partial charge is 0.335 e. The minimum Gasteiger partial charge on any atom is -0.276 e. The molecule has 1 aliphatic rings. The molecule has 1 saturated heterocycles. The number of para-hydroxylation sites is 1. The first-order valence-corrected chi connectivity index (χ1v) is 8.59. The monoisotopic (exact) mass is 447 g/mol. The van der Waals surface area contributed by atoms with Crippen molar-refractivity contribution < 1.29 is 14.4 Å². The maximum absolute atomic E-state index is 12.7. The van der Waals surface area contributed by atoms with Gasteiger partial charge >= 0.3 is 6.03 Å². The molecule has 6 nitrogen and oxygen atoms in total. The Balaban J connectivity index is 1.92. The summed E-state index contributed by atoms with van der Waals surface area (Å²) in [7, 11) is 0.